The van der Waals surface area contributed by atoms with E-state index in [0.29, 0.717) is 6.54 Å². The van der Waals surface area contributed by atoms with Crippen molar-refractivity contribution < 1.29 is 9.90 Å². The van der Waals surface area contributed by atoms with Crippen molar-refractivity contribution in [3.8, 4) is 0 Å². The highest BCUT2D eigenvalue weighted by atomic mass is 32.1. The van der Waals surface area contributed by atoms with Crippen molar-refractivity contribution in [3.05, 3.63) is 21.9 Å². The van der Waals surface area contributed by atoms with Gasteiger partial charge in [-0.2, -0.15) is 0 Å². The summed E-state index contributed by atoms with van der Waals surface area (Å²) in [7, 11) is 0. The highest BCUT2D eigenvalue weighted by Crippen LogP contribution is 2.43. The van der Waals surface area contributed by atoms with Gasteiger partial charge in [0.25, 0.3) is 0 Å². The maximum Gasteiger partial charge on any atom is 0.304 e. The third kappa shape index (κ3) is 1.35. The molecule has 1 heterocycles. The van der Waals surface area contributed by atoms with Gasteiger partial charge >= 0.3 is 5.97 Å². The van der Waals surface area contributed by atoms with Gasteiger partial charge in [-0.25, -0.2) is 0 Å². The maximum absolute atomic E-state index is 10.8. The highest BCUT2D eigenvalue weighted by molar-refractivity contribution is 7.10. The molecule has 3 N–H and O–H groups in total. The van der Waals surface area contributed by atoms with E-state index in [1.54, 1.807) is 11.3 Å². The largest absolute Gasteiger partial charge is 0.481 e. The Kier molecular flexibility index (Phi) is 2.33. The van der Waals surface area contributed by atoms with E-state index < -0.39 is 5.97 Å². The molecule has 76 valence electrons. The van der Waals surface area contributed by atoms with Crippen molar-refractivity contribution in [1.82, 2.24) is 0 Å². The minimum absolute atomic E-state index is 0.164. The van der Waals surface area contributed by atoms with Gasteiger partial charge < -0.3 is 10.8 Å². The monoisotopic (exact) mass is 211 g/mol. The molecule has 4 heteroatoms. The topological polar surface area (TPSA) is 63.3 Å². The molecular weight excluding hydrogens is 198 g/mol. The van der Waals surface area contributed by atoms with Gasteiger partial charge in [-0.1, -0.05) is 0 Å². The summed E-state index contributed by atoms with van der Waals surface area (Å²) in [6.45, 7) is 0.437. The minimum atomic E-state index is -0.753. The van der Waals surface area contributed by atoms with Crippen LogP contribution >= 0.6 is 11.3 Å². The molecule has 0 amide bonds. The van der Waals surface area contributed by atoms with Crippen LogP contribution in [0.25, 0.3) is 0 Å². The van der Waals surface area contributed by atoms with Gasteiger partial charge in [-0.15, -0.1) is 11.3 Å². The Labute approximate surface area is 86.6 Å². The van der Waals surface area contributed by atoms with Crippen LogP contribution in [0.3, 0.4) is 0 Å². The zero-order valence-electron chi connectivity index (χ0n) is 7.82. The summed E-state index contributed by atoms with van der Waals surface area (Å²) in [5, 5.41) is 10.9. The summed E-state index contributed by atoms with van der Waals surface area (Å²) in [5.74, 6) is -0.753. The summed E-state index contributed by atoms with van der Waals surface area (Å²) in [5.41, 5.74) is 6.75. The van der Waals surface area contributed by atoms with E-state index in [9.17, 15) is 4.79 Å². The van der Waals surface area contributed by atoms with Crippen LogP contribution in [0, 0.1) is 0 Å². The fourth-order valence-corrected chi connectivity index (χ4v) is 3.41. The van der Waals surface area contributed by atoms with Crippen LogP contribution in [0.1, 0.15) is 23.3 Å². The second-order valence-corrected chi connectivity index (χ2v) is 4.75. The first kappa shape index (κ1) is 9.68. The number of carbonyl (C=O) groups is 1. The zero-order chi connectivity index (χ0) is 10.2. The summed E-state index contributed by atoms with van der Waals surface area (Å²) in [4.78, 5) is 12.0. The third-order valence-corrected chi connectivity index (χ3v) is 4.18. The molecule has 1 aliphatic rings. The molecular formula is C10H13NO2S. The lowest BCUT2D eigenvalue weighted by atomic mass is 9.83. The Bertz CT molecular complexity index is 361. The first-order valence-corrected chi connectivity index (χ1v) is 5.55. The summed E-state index contributed by atoms with van der Waals surface area (Å²) in [6, 6.07) is 2.08. The normalized spacial score (nSPS) is 24.9. The number of fused-ring (bicyclic) bond motifs is 1. The molecule has 1 atom stereocenters. The average Bonchev–Trinajstić information content (AvgIpc) is 2.68. The van der Waals surface area contributed by atoms with Gasteiger partial charge in [0.15, 0.2) is 0 Å². The predicted octanol–water partition coefficient (Wildman–Crippen LogP) is 1.37. The van der Waals surface area contributed by atoms with Crippen LogP contribution in [0.5, 0.6) is 0 Å². The number of nitrogens with two attached hydrogens (primary N) is 1. The van der Waals surface area contributed by atoms with Crippen molar-refractivity contribution in [2.75, 3.05) is 6.54 Å². The lowest BCUT2D eigenvalue weighted by Crippen LogP contribution is -2.34. The SMILES string of the molecule is NCC1(CC(=O)O)CCc2ccsc21. The van der Waals surface area contributed by atoms with Gasteiger partial charge in [0.2, 0.25) is 0 Å². The number of hydrogen-bond donors (Lipinski definition) is 2. The Hall–Kier alpha value is -0.870. The van der Waals surface area contributed by atoms with Crippen LogP contribution in [0.2, 0.25) is 0 Å². The molecule has 1 aliphatic carbocycles. The van der Waals surface area contributed by atoms with Gasteiger partial charge in [0.05, 0.1) is 6.42 Å². The van der Waals surface area contributed by atoms with Crippen LogP contribution in [0.4, 0.5) is 0 Å². The van der Waals surface area contributed by atoms with E-state index in [1.807, 2.05) is 5.38 Å². The zero-order valence-corrected chi connectivity index (χ0v) is 8.64. The molecule has 0 spiro atoms. The summed E-state index contributed by atoms with van der Waals surface area (Å²) < 4.78 is 0. The minimum Gasteiger partial charge on any atom is -0.481 e. The number of aliphatic carboxylic acids is 1. The average molecular weight is 211 g/mol. The van der Waals surface area contributed by atoms with Gasteiger partial charge in [0, 0.05) is 16.8 Å². The fourth-order valence-electron chi connectivity index (χ4n) is 2.21. The number of thiophene rings is 1. The molecule has 1 unspecified atom stereocenters. The maximum atomic E-state index is 10.8. The van der Waals surface area contributed by atoms with Gasteiger partial charge in [0.1, 0.15) is 0 Å². The number of carboxylic acid groups (broad SMARTS) is 1. The molecule has 1 aromatic rings. The molecule has 0 aromatic carbocycles. The van der Waals surface area contributed by atoms with Gasteiger partial charge in [-0.3, -0.25) is 4.79 Å². The quantitative estimate of drug-likeness (QED) is 0.793. The molecule has 0 saturated carbocycles. The summed E-state index contributed by atoms with van der Waals surface area (Å²) in [6.07, 6.45) is 2.03. The van der Waals surface area contributed by atoms with E-state index in [1.165, 1.54) is 10.4 Å². The van der Waals surface area contributed by atoms with E-state index in [4.69, 9.17) is 10.8 Å². The van der Waals surface area contributed by atoms with E-state index in [-0.39, 0.29) is 11.8 Å². The van der Waals surface area contributed by atoms with Crippen LogP contribution in [0.15, 0.2) is 11.4 Å². The van der Waals surface area contributed by atoms with Crippen LogP contribution in [-0.4, -0.2) is 17.6 Å². The van der Waals surface area contributed by atoms with Crippen LogP contribution in [-0.2, 0) is 16.6 Å². The van der Waals surface area contributed by atoms with Crippen molar-refractivity contribution in [1.29, 1.82) is 0 Å². The Balaban J connectivity index is 2.35. The lowest BCUT2D eigenvalue weighted by Gasteiger charge is -2.25. The van der Waals surface area contributed by atoms with Crippen molar-refractivity contribution in [2.45, 2.75) is 24.7 Å². The second-order valence-electron chi connectivity index (χ2n) is 3.83. The van der Waals surface area contributed by atoms with Crippen LogP contribution < -0.4 is 5.73 Å². The van der Waals surface area contributed by atoms with E-state index in [0.717, 1.165) is 12.8 Å². The Morgan fingerprint density at radius 2 is 2.50 bits per heavy atom. The molecule has 0 fully saturated rings. The molecule has 3 nitrogen and oxygen atoms in total. The third-order valence-electron chi connectivity index (χ3n) is 2.98. The van der Waals surface area contributed by atoms with Crippen molar-refractivity contribution in [2.24, 2.45) is 5.73 Å². The molecule has 0 bridgehead atoms. The van der Waals surface area contributed by atoms with E-state index in [2.05, 4.69) is 6.07 Å². The molecule has 2 rings (SSSR count). The number of carboxylic acids is 1. The van der Waals surface area contributed by atoms with Crippen molar-refractivity contribution in [3.63, 3.8) is 0 Å². The second kappa shape index (κ2) is 3.37. The Morgan fingerprint density at radius 1 is 1.71 bits per heavy atom. The molecule has 1 aromatic heterocycles. The standard InChI is InChI=1S/C10H13NO2S/c11-6-10(5-8(12)13)3-1-7-2-4-14-9(7)10/h2,4H,1,3,5-6,11H2,(H,12,13). The number of rotatable bonds is 3. The lowest BCUT2D eigenvalue weighted by molar-refractivity contribution is -0.138. The van der Waals surface area contributed by atoms with Gasteiger partial charge in [-0.05, 0) is 29.9 Å². The molecule has 0 radical (unpaired) electrons. The molecule has 14 heavy (non-hydrogen) atoms. The smallest absolute Gasteiger partial charge is 0.304 e. The summed E-state index contributed by atoms with van der Waals surface area (Å²) >= 11 is 1.64. The predicted molar refractivity (Wildman–Crippen MR) is 55.6 cm³/mol. The van der Waals surface area contributed by atoms with Crippen molar-refractivity contribution >= 4 is 17.3 Å². The molecule has 0 saturated heterocycles. The Morgan fingerprint density at radius 3 is 3.14 bits per heavy atom. The number of hydrogen-bond acceptors (Lipinski definition) is 3. The first-order chi connectivity index (χ1) is 6.68. The highest BCUT2D eigenvalue weighted by Gasteiger charge is 2.40. The molecule has 0 aliphatic heterocycles. The van der Waals surface area contributed by atoms with E-state index >= 15 is 0 Å². The number of aryl methyl sites for hydroxylation is 1. The first-order valence-electron chi connectivity index (χ1n) is 4.67. The fraction of sp³-hybridized carbons (Fsp3) is 0.500.